The van der Waals surface area contributed by atoms with E-state index in [1.807, 2.05) is 36.4 Å². The lowest BCUT2D eigenvalue weighted by Crippen LogP contribution is -2.57. The van der Waals surface area contributed by atoms with Crippen LogP contribution in [0, 0.1) is 5.41 Å². The number of rotatable bonds is 2. The van der Waals surface area contributed by atoms with Gasteiger partial charge >= 0.3 is 5.97 Å². The number of carboxylic acids is 1. The predicted octanol–water partition coefficient (Wildman–Crippen LogP) is 2.87. The van der Waals surface area contributed by atoms with Crippen molar-refractivity contribution < 1.29 is 19.4 Å². The van der Waals surface area contributed by atoms with Crippen LogP contribution in [0.5, 0.6) is 5.75 Å². The molecule has 1 spiro atoms. The molecule has 2 aliphatic heterocycles. The number of benzene rings is 1. The van der Waals surface area contributed by atoms with E-state index in [0.29, 0.717) is 13.1 Å². The maximum Gasteiger partial charge on any atom is 0.319 e. The molecule has 130 valence electrons. The summed E-state index contributed by atoms with van der Waals surface area (Å²) in [5, 5.41) is 9.66. The van der Waals surface area contributed by atoms with Gasteiger partial charge in [0, 0.05) is 12.1 Å². The van der Waals surface area contributed by atoms with E-state index in [4.69, 9.17) is 4.74 Å². The highest BCUT2D eigenvalue weighted by atomic mass is 16.5. The summed E-state index contributed by atoms with van der Waals surface area (Å²) in [6, 6.07) is 7.82. The zero-order valence-electron chi connectivity index (χ0n) is 14.0. The first-order chi connectivity index (χ1) is 12.0. The van der Waals surface area contributed by atoms with Gasteiger partial charge in [-0.1, -0.05) is 36.4 Å². The van der Waals surface area contributed by atoms with E-state index in [0.717, 1.165) is 24.2 Å². The van der Waals surface area contributed by atoms with Crippen LogP contribution in [0.4, 0.5) is 0 Å². The molecule has 5 heteroatoms. The van der Waals surface area contributed by atoms with Gasteiger partial charge in [0.1, 0.15) is 11.4 Å². The van der Waals surface area contributed by atoms with E-state index in [1.54, 1.807) is 17.1 Å². The molecular weight excluding hydrogens is 318 g/mol. The number of para-hydroxylation sites is 1. The Bertz CT molecular complexity index is 774. The number of allylic oxidation sites excluding steroid dienone is 2. The number of carbonyl (C=O) groups excluding carboxylic acids is 1. The van der Waals surface area contributed by atoms with E-state index in [-0.39, 0.29) is 18.7 Å². The average molecular weight is 339 g/mol. The van der Waals surface area contributed by atoms with Gasteiger partial charge in [0.2, 0.25) is 5.91 Å². The average Bonchev–Trinajstić information content (AvgIpc) is 3.12. The fourth-order valence-electron chi connectivity index (χ4n) is 4.04. The van der Waals surface area contributed by atoms with E-state index in [9.17, 15) is 14.7 Å². The second kappa shape index (κ2) is 5.76. The molecule has 0 aromatic heterocycles. The Morgan fingerprint density at radius 1 is 1.16 bits per heavy atom. The number of likely N-dealkylation sites (tertiary alicyclic amines) is 1. The Kier molecular flexibility index (Phi) is 3.67. The van der Waals surface area contributed by atoms with Crippen LogP contribution in [-0.4, -0.2) is 40.6 Å². The molecule has 0 saturated carbocycles. The van der Waals surface area contributed by atoms with Crippen molar-refractivity contribution in [2.45, 2.75) is 31.3 Å². The normalized spacial score (nSPS) is 26.3. The van der Waals surface area contributed by atoms with Gasteiger partial charge in [-0.3, -0.25) is 9.59 Å². The molecule has 25 heavy (non-hydrogen) atoms. The van der Waals surface area contributed by atoms with Crippen molar-refractivity contribution in [2.75, 3.05) is 13.1 Å². The van der Waals surface area contributed by atoms with Gasteiger partial charge in [0.25, 0.3) is 0 Å². The number of fused-ring (bicyclic) bond motifs is 1. The summed E-state index contributed by atoms with van der Waals surface area (Å²) in [6.07, 6.45) is 9.79. The van der Waals surface area contributed by atoms with E-state index in [1.165, 1.54) is 0 Å². The standard InChI is InChI=1S/C20H21NO4/c22-17(20(18(23)24)10-3-4-11-20)21-13-5-9-19(14-21)12-8-15-6-1-2-7-16(15)25-19/h1-4,6-8,12H,5,9-11,13-14H2,(H,23,24). The smallest absolute Gasteiger partial charge is 0.319 e. The van der Waals surface area contributed by atoms with Crippen molar-refractivity contribution in [2.24, 2.45) is 5.41 Å². The summed E-state index contributed by atoms with van der Waals surface area (Å²) in [5.41, 5.74) is -0.874. The molecule has 1 aromatic carbocycles. The number of aliphatic carboxylic acids is 1. The van der Waals surface area contributed by atoms with Crippen molar-refractivity contribution in [3.05, 3.63) is 48.1 Å². The number of hydrogen-bond acceptors (Lipinski definition) is 3. The zero-order chi connectivity index (χ0) is 17.5. The third-order valence-corrected chi connectivity index (χ3v) is 5.49. The topological polar surface area (TPSA) is 66.8 Å². The first-order valence-corrected chi connectivity index (χ1v) is 8.70. The molecule has 0 bridgehead atoms. The number of carbonyl (C=O) groups is 2. The molecule has 4 rings (SSSR count). The molecule has 0 radical (unpaired) electrons. The fraction of sp³-hybridized carbons (Fsp3) is 0.400. The minimum absolute atomic E-state index is 0.268. The third-order valence-electron chi connectivity index (χ3n) is 5.49. The van der Waals surface area contributed by atoms with Crippen LogP contribution >= 0.6 is 0 Å². The molecule has 1 unspecified atom stereocenters. The number of amides is 1. The molecule has 1 amide bonds. The summed E-state index contributed by atoms with van der Waals surface area (Å²) in [7, 11) is 0. The van der Waals surface area contributed by atoms with E-state index < -0.39 is 17.0 Å². The van der Waals surface area contributed by atoms with Crippen LogP contribution in [0.1, 0.15) is 31.2 Å². The quantitative estimate of drug-likeness (QED) is 0.665. The monoisotopic (exact) mass is 339 g/mol. The number of carboxylic acid groups (broad SMARTS) is 1. The summed E-state index contributed by atoms with van der Waals surface area (Å²) in [5.74, 6) is -0.512. The first kappa shape index (κ1) is 15.9. The van der Waals surface area contributed by atoms with Crippen LogP contribution < -0.4 is 4.74 Å². The molecule has 1 atom stereocenters. The number of ether oxygens (including phenoxy) is 1. The lowest BCUT2D eigenvalue weighted by molar-refractivity contribution is -0.162. The molecule has 1 N–H and O–H groups in total. The van der Waals surface area contributed by atoms with Crippen LogP contribution in [-0.2, 0) is 9.59 Å². The molecule has 1 aromatic rings. The first-order valence-electron chi connectivity index (χ1n) is 8.70. The SMILES string of the molecule is O=C(O)C1(C(=O)N2CCCC3(C=Cc4ccccc4O3)C2)CC=CC1. The molecule has 2 heterocycles. The summed E-state index contributed by atoms with van der Waals surface area (Å²) in [6.45, 7) is 0.972. The zero-order valence-corrected chi connectivity index (χ0v) is 14.0. The van der Waals surface area contributed by atoms with E-state index in [2.05, 4.69) is 0 Å². The lowest BCUT2D eigenvalue weighted by atomic mass is 9.81. The van der Waals surface area contributed by atoms with E-state index >= 15 is 0 Å². The highest BCUT2D eigenvalue weighted by Gasteiger charge is 2.51. The van der Waals surface area contributed by atoms with Crippen molar-refractivity contribution in [3.8, 4) is 5.75 Å². The van der Waals surface area contributed by atoms with Crippen LogP contribution in [0.3, 0.4) is 0 Å². The Morgan fingerprint density at radius 2 is 1.92 bits per heavy atom. The number of hydrogen-bond donors (Lipinski definition) is 1. The van der Waals surface area contributed by atoms with Crippen LogP contribution in [0.15, 0.2) is 42.5 Å². The second-order valence-electron chi connectivity index (χ2n) is 7.14. The number of nitrogens with zero attached hydrogens (tertiary/aromatic N) is 1. The minimum atomic E-state index is -1.34. The molecular formula is C20H21NO4. The van der Waals surface area contributed by atoms with Crippen LogP contribution in [0.25, 0.3) is 6.08 Å². The maximum absolute atomic E-state index is 13.1. The summed E-state index contributed by atoms with van der Waals surface area (Å²) in [4.78, 5) is 26.6. The Labute approximate surface area is 146 Å². The second-order valence-corrected chi connectivity index (χ2v) is 7.14. The van der Waals surface area contributed by atoms with Gasteiger partial charge in [-0.15, -0.1) is 0 Å². The summed E-state index contributed by atoms with van der Waals surface area (Å²) < 4.78 is 6.25. The third kappa shape index (κ3) is 2.54. The van der Waals surface area contributed by atoms with Gasteiger partial charge in [-0.2, -0.15) is 0 Å². The van der Waals surface area contributed by atoms with Crippen molar-refractivity contribution in [1.29, 1.82) is 0 Å². The van der Waals surface area contributed by atoms with Crippen molar-refractivity contribution in [3.63, 3.8) is 0 Å². The van der Waals surface area contributed by atoms with Gasteiger partial charge in [-0.25, -0.2) is 0 Å². The molecule has 1 saturated heterocycles. The Balaban J connectivity index is 1.58. The van der Waals surface area contributed by atoms with Crippen LogP contribution in [0.2, 0.25) is 0 Å². The molecule has 1 aliphatic carbocycles. The fourth-order valence-corrected chi connectivity index (χ4v) is 4.04. The highest BCUT2D eigenvalue weighted by molar-refractivity contribution is 6.02. The maximum atomic E-state index is 13.1. The van der Waals surface area contributed by atoms with Gasteiger partial charge in [0.05, 0.1) is 6.54 Å². The van der Waals surface area contributed by atoms with Crippen molar-refractivity contribution >= 4 is 18.0 Å². The molecule has 1 fully saturated rings. The van der Waals surface area contributed by atoms with Crippen molar-refractivity contribution in [1.82, 2.24) is 4.90 Å². The largest absolute Gasteiger partial charge is 0.481 e. The van der Waals surface area contributed by atoms with Gasteiger partial charge < -0.3 is 14.7 Å². The minimum Gasteiger partial charge on any atom is -0.481 e. The molecule has 5 nitrogen and oxygen atoms in total. The highest BCUT2D eigenvalue weighted by Crippen LogP contribution is 2.40. The van der Waals surface area contributed by atoms with Gasteiger partial charge in [-0.05, 0) is 37.8 Å². The number of piperidine rings is 1. The Hall–Kier alpha value is -2.56. The van der Waals surface area contributed by atoms with Gasteiger partial charge in [0.15, 0.2) is 5.41 Å². The predicted molar refractivity (Wildman–Crippen MR) is 93.1 cm³/mol. The molecule has 3 aliphatic rings. The lowest BCUT2D eigenvalue weighted by Gasteiger charge is -2.44. The summed E-state index contributed by atoms with van der Waals surface area (Å²) >= 11 is 0. The Morgan fingerprint density at radius 3 is 2.68 bits per heavy atom.